The van der Waals surface area contributed by atoms with E-state index in [2.05, 4.69) is 35.3 Å². The van der Waals surface area contributed by atoms with E-state index in [9.17, 15) is 0 Å². The highest BCUT2D eigenvalue weighted by atomic mass is 32.1. The molecule has 0 unspecified atom stereocenters. The summed E-state index contributed by atoms with van der Waals surface area (Å²) >= 11 is 1.53. The van der Waals surface area contributed by atoms with Crippen molar-refractivity contribution in [2.45, 2.75) is 20.5 Å². The van der Waals surface area contributed by atoms with Crippen LogP contribution in [0, 0.1) is 13.8 Å². The van der Waals surface area contributed by atoms with E-state index in [4.69, 9.17) is 9.57 Å². The number of aryl methyl sites for hydroxylation is 2. The topological polar surface area (TPSA) is 43.7 Å². The summed E-state index contributed by atoms with van der Waals surface area (Å²) in [7, 11) is 1.54. The predicted molar refractivity (Wildman–Crippen MR) is 101 cm³/mol. The van der Waals surface area contributed by atoms with E-state index in [1.54, 1.807) is 13.3 Å². The van der Waals surface area contributed by atoms with Crippen molar-refractivity contribution in [3.8, 4) is 5.75 Å². The van der Waals surface area contributed by atoms with Crippen LogP contribution >= 0.6 is 11.3 Å². The van der Waals surface area contributed by atoms with Crippen molar-refractivity contribution in [2.75, 3.05) is 7.11 Å². The molecule has 0 saturated heterocycles. The Labute approximate surface area is 151 Å². The van der Waals surface area contributed by atoms with E-state index in [-0.39, 0.29) is 0 Å². The van der Waals surface area contributed by atoms with Crippen LogP contribution in [0.25, 0.3) is 0 Å². The van der Waals surface area contributed by atoms with Gasteiger partial charge in [0, 0.05) is 17.1 Å². The monoisotopic (exact) mass is 352 g/mol. The van der Waals surface area contributed by atoms with Crippen LogP contribution in [0.3, 0.4) is 0 Å². The van der Waals surface area contributed by atoms with Crippen LogP contribution in [0.4, 0.5) is 0 Å². The average Bonchev–Trinajstić information content (AvgIpc) is 3.15. The number of hydrogen-bond acceptors (Lipinski definition) is 5. The quantitative estimate of drug-likeness (QED) is 0.475. The van der Waals surface area contributed by atoms with Crippen LogP contribution in [0.15, 0.2) is 59.2 Å². The number of thiazole rings is 1. The first kappa shape index (κ1) is 17.2. The fourth-order valence-electron chi connectivity index (χ4n) is 2.53. The maximum absolute atomic E-state index is 6.08. The zero-order valence-corrected chi connectivity index (χ0v) is 15.3. The fourth-order valence-corrected chi connectivity index (χ4v) is 3.16. The first-order valence-corrected chi connectivity index (χ1v) is 8.86. The number of aromatic nitrogens is 1. The van der Waals surface area contributed by atoms with Crippen molar-refractivity contribution in [3.05, 3.63) is 81.3 Å². The number of ether oxygens (including phenoxy) is 1. The Kier molecular flexibility index (Phi) is 5.46. The van der Waals surface area contributed by atoms with E-state index in [0.717, 1.165) is 33.2 Å². The van der Waals surface area contributed by atoms with Crippen molar-refractivity contribution in [3.63, 3.8) is 0 Å². The van der Waals surface area contributed by atoms with Gasteiger partial charge in [0.1, 0.15) is 30.2 Å². The van der Waals surface area contributed by atoms with Gasteiger partial charge in [0.2, 0.25) is 0 Å². The maximum atomic E-state index is 6.08. The van der Waals surface area contributed by atoms with Gasteiger partial charge in [-0.2, -0.15) is 0 Å². The summed E-state index contributed by atoms with van der Waals surface area (Å²) < 4.78 is 6.08. The lowest BCUT2D eigenvalue weighted by atomic mass is 10.0. The summed E-state index contributed by atoms with van der Waals surface area (Å²) in [5, 5.41) is 6.94. The van der Waals surface area contributed by atoms with Crippen LogP contribution in [-0.2, 0) is 11.4 Å². The van der Waals surface area contributed by atoms with E-state index in [1.165, 1.54) is 16.9 Å². The van der Waals surface area contributed by atoms with Gasteiger partial charge in [-0.25, -0.2) is 4.98 Å². The third-order valence-electron chi connectivity index (χ3n) is 3.82. The summed E-state index contributed by atoms with van der Waals surface area (Å²) in [6.07, 6.45) is 1.76. The summed E-state index contributed by atoms with van der Waals surface area (Å²) in [4.78, 5) is 9.41. The van der Waals surface area contributed by atoms with Gasteiger partial charge in [0.25, 0.3) is 0 Å². The molecule has 0 spiro atoms. The van der Waals surface area contributed by atoms with Crippen LogP contribution in [0.1, 0.15) is 27.3 Å². The Morgan fingerprint density at radius 1 is 1.16 bits per heavy atom. The van der Waals surface area contributed by atoms with Crippen molar-refractivity contribution < 1.29 is 9.57 Å². The van der Waals surface area contributed by atoms with Gasteiger partial charge in [0.15, 0.2) is 0 Å². The molecule has 0 atom stereocenters. The smallest absolute Gasteiger partial charge is 0.146 e. The summed E-state index contributed by atoms with van der Waals surface area (Å²) in [6.45, 7) is 4.56. The minimum absolute atomic E-state index is 0.453. The first-order chi connectivity index (χ1) is 12.2. The minimum Gasteiger partial charge on any atom is -0.489 e. The third-order valence-corrected chi connectivity index (χ3v) is 4.60. The van der Waals surface area contributed by atoms with Crippen LogP contribution < -0.4 is 4.74 Å². The molecule has 0 bridgehead atoms. The highest BCUT2D eigenvalue weighted by molar-refractivity contribution is 7.11. The van der Waals surface area contributed by atoms with E-state index >= 15 is 0 Å². The molecule has 3 rings (SSSR count). The molecule has 4 nitrogen and oxygen atoms in total. The van der Waals surface area contributed by atoms with Crippen molar-refractivity contribution in [1.82, 2.24) is 4.98 Å². The lowest BCUT2D eigenvalue weighted by Crippen LogP contribution is -2.09. The first-order valence-electron chi connectivity index (χ1n) is 7.98. The number of nitrogens with zero attached hydrogens (tertiary/aromatic N) is 2. The van der Waals surface area contributed by atoms with Gasteiger partial charge >= 0.3 is 0 Å². The van der Waals surface area contributed by atoms with Gasteiger partial charge in [-0.3, -0.25) is 0 Å². The van der Waals surface area contributed by atoms with Crippen LogP contribution in [0.2, 0.25) is 0 Å². The molecule has 0 aliphatic carbocycles. The Morgan fingerprint density at radius 3 is 2.76 bits per heavy atom. The second-order valence-electron chi connectivity index (χ2n) is 5.67. The zero-order valence-electron chi connectivity index (χ0n) is 14.5. The molecular formula is C20H20N2O2S. The maximum Gasteiger partial charge on any atom is 0.146 e. The Hall–Kier alpha value is -2.66. The number of oxime groups is 1. The van der Waals surface area contributed by atoms with E-state index in [0.29, 0.717) is 6.61 Å². The van der Waals surface area contributed by atoms with Gasteiger partial charge in [0.05, 0.1) is 0 Å². The molecule has 2 aromatic carbocycles. The molecular weight excluding hydrogens is 332 g/mol. The van der Waals surface area contributed by atoms with Crippen molar-refractivity contribution in [1.29, 1.82) is 0 Å². The van der Waals surface area contributed by atoms with E-state index < -0.39 is 0 Å². The summed E-state index contributed by atoms with van der Waals surface area (Å²) in [5.74, 6) is 0.897. The molecule has 0 aliphatic rings. The Balaban J connectivity index is 1.90. The Bertz CT molecular complexity index is 873. The number of rotatable bonds is 6. The fraction of sp³-hybridized carbons (Fsp3) is 0.200. The predicted octanol–water partition coefficient (Wildman–Crippen LogP) is 4.74. The van der Waals surface area contributed by atoms with Crippen molar-refractivity contribution >= 4 is 17.0 Å². The Morgan fingerprint density at radius 2 is 2.00 bits per heavy atom. The molecule has 0 fully saturated rings. The second-order valence-corrected chi connectivity index (χ2v) is 6.57. The summed E-state index contributed by atoms with van der Waals surface area (Å²) in [5.41, 5.74) is 5.02. The van der Waals surface area contributed by atoms with E-state index in [1.807, 2.05) is 36.6 Å². The number of hydrogen-bond donors (Lipinski definition) is 0. The van der Waals surface area contributed by atoms with Gasteiger partial charge in [-0.15, -0.1) is 11.3 Å². The number of benzene rings is 2. The molecule has 128 valence electrons. The van der Waals surface area contributed by atoms with Gasteiger partial charge in [-0.1, -0.05) is 41.6 Å². The molecule has 0 amide bonds. The van der Waals surface area contributed by atoms with Gasteiger partial charge in [-0.05, 0) is 36.6 Å². The molecule has 3 aromatic rings. The lowest BCUT2D eigenvalue weighted by molar-refractivity contribution is 0.214. The summed E-state index contributed by atoms with van der Waals surface area (Å²) in [6, 6.07) is 14.3. The standard InChI is InChI=1S/C20H20N2O2S/c1-14-8-9-15(2)18(12-14)24-13-16-6-4-5-7-17(16)19(22-23-3)20-21-10-11-25-20/h4-12H,13H2,1-3H3/b22-19+. The van der Waals surface area contributed by atoms with Gasteiger partial charge < -0.3 is 9.57 Å². The van der Waals surface area contributed by atoms with Crippen molar-refractivity contribution in [2.24, 2.45) is 5.16 Å². The molecule has 5 heteroatoms. The lowest BCUT2D eigenvalue weighted by Gasteiger charge is -2.13. The normalized spacial score (nSPS) is 11.4. The second kappa shape index (κ2) is 7.94. The molecule has 25 heavy (non-hydrogen) atoms. The van der Waals surface area contributed by atoms with Crippen LogP contribution in [-0.4, -0.2) is 17.8 Å². The zero-order chi connectivity index (χ0) is 17.6. The molecule has 0 N–H and O–H groups in total. The highest BCUT2D eigenvalue weighted by Gasteiger charge is 2.15. The highest BCUT2D eigenvalue weighted by Crippen LogP contribution is 2.23. The molecule has 0 aliphatic heterocycles. The largest absolute Gasteiger partial charge is 0.489 e. The SMILES string of the molecule is CO/N=C(/c1nccs1)c1ccccc1COc1cc(C)ccc1C. The molecule has 1 aromatic heterocycles. The average molecular weight is 352 g/mol. The molecule has 0 radical (unpaired) electrons. The minimum atomic E-state index is 0.453. The molecule has 0 saturated carbocycles. The third kappa shape index (κ3) is 4.06. The van der Waals surface area contributed by atoms with Crippen LogP contribution in [0.5, 0.6) is 5.75 Å². The molecule has 1 heterocycles.